The van der Waals surface area contributed by atoms with Crippen molar-refractivity contribution in [2.75, 3.05) is 13.7 Å². The van der Waals surface area contributed by atoms with Gasteiger partial charge >= 0.3 is 5.97 Å². The zero-order valence-electron chi connectivity index (χ0n) is 12.3. The lowest BCUT2D eigenvalue weighted by atomic mass is 9.87. The van der Waals surface area contributed by atoms with Crippen LogP contribution in [0.2, 0.25) is 0 Å². The van der Waals surface area contributed by atoms with Gasteiger partial charge in [-0.3, -0.25) is 0 Å². The molecule has 0 aliphatic rings. The van der Waals surface area contributed by atoms with Crippen LogP contribution in [0.1, 0.15) is 33.3 Å². The molecule has 0 heterocycles. The molecule has 0 N–H and O–H groups in total. The quantitative estimate of drug-likeness (QED) is 0.615. The number of ether oxygens (including phenoxy) is 2. The van der Waals surface area contributed by atoms with Gasteiger partial charge < -0.3 is 9.47 Å². The highest BCUT2D eigenvalue weighted by molar-refractivity contribution is 5.87. The highest BCUT2D eigenvalue weighted by Gasteiger charge is 2.13. The van der Waals surface area contributed by atoms with E-state index in [-0.39, 0.29) is 11.4 Å². The van der Waals surface area contributed by atoms with Crippen LogP contribution in [-0.2, 0) is 14.9 Å². The van der Waals surface area contributed by atoms with Gasteiger partial charge in [-0.05, 0) is 36.1 Å². The van der Waals surface area contributed by atoms with E-state index in [4.69, 9.17) is 4.74 Å². The summed E-state index contributed by atoms with van der Waals surface area (Å²) < 4.78 is 10.2. The first kappa shape index (κ1) is 15.3. The van der Waals surface area contributed by atoms with Gasteiger partial charge in [0.05, 0.1) is 7.11 Å². The highest BCUT2D eigenvalue weighted by Crippen LogP contribution is 2.25. The minimum atomic E-state index is -0.327. The molecule has 0 aliphatic carbocycles. The van der Waals surface area contributed by atoms with E-state index in [0.29, 0.717) is 12.2 Å². The molecule has 0 radical (unpaired) electrons. The topological polar surface area (TPSA) is 35.5 Å². The summed E-state index contributed by atoms with van der Waals surface area (Å²) in [6.07, 6.45) is 1.72. The summed E-state index contributed by atoms with van der Waals surface area (Å²) >= 11 is 0. The molecule has 0 amide bonds. The Hall–Kier alpha value is -1.77. The molecule has 0 unspecified atom stereocenters. The number of rotatable bonds is 4. The summed E-state index contributed by atoms with van der Waals surface area (Å²) in [7, 11) is 1.37. The molecule has 0 atom stereocenters. The van der Waals surface area contributed by atoms with Gasteiger partial charge in [0, 0.05) is 5.57 Å². The van der Waals surface area contributed by atoms with Crippen molar-refractivity contribution < 1.29 is 14.3 Å². The lowest BCUT2D eigenvalue weighted by molar-refractivity contribution is -0.136. The van der Waals surface area contributed by atoms with E-state index in [1.54, 1.807) is 13.0 Å². The predicted molar refractivity (Wildman–Crippen MR) is 76.4 cm³/mol. The molecule has 0 spiro atoms. The van der Waals surface area contributed by atoms with Crippen LogP contribution in [-0.4, -0.2) is 19.7 Å². The van der Waals surface area contributed by atoms with Gasteiger partial charge in [0.1, 0.15) is 12.4 Å². The van der Waals surface area contributed by atoms with E-state index in [0.717, 1.165) is 5.75 Å². The highest BCUT2D eigenvalue weighted by atomic mass is 16.5. The van der Waals surface area contributed by atoms with Crippen molar-refractivity contribution >= 4 is 5.97 Å². The molecular formula is C16H22O3. The Morgan fingerprint density at radius 2 is 2.00 bits per heavy atom. The molecule has 0 bridgehead atoms. The van der Waals surface area contributed by atoms with E-state index in [1.807, 2.05) is 18.2 Å². The van der Waals surface area contributed by atoms with E-state index in [2.05, 4.69) is 31.6 Å². The second-order valence-electron chi connectivity index (χ2n) is 5.47. The monoisotopic (exact) mass is 262 g/mol. The van der Waals surface area contributed by atoms with Crippen molar-refractivity contribution in [2.45, 2.75) is 33.1 Å². The first-order chi connectivity index (χ1) is 8.84. The van der Waals surface area contributed by atoms with E-state index >= 15 is 0 Å². The Morgan fingerprint density at radius 1 is 1.32 bits per heavy atom. The fourth-order valence-corrected chi connectivity index (χ4v) is 1.56. The zero-order chi connectivity index (χ0) is 14.5. The van der Waals surface area contributed by atoms with Gasteiger partial charge in [0.2, 0.25) is 0 Å². The van der Waals surface area contributed by atoms with Gasteiger partial charge in [0.25, 0.3) is 0 Å². The smallest absolute Gasteiger partial charge is 0.333 e. The molecular weight excluding hydrogens is 240 g/mol. The lowest BCUT2D eigenvalue weighted by Crippen LogP contribution is -2.11. The molecule has 1 rings (SSSR count). The number of esters is 1. The SMILES string of the molecule is COC(=O)C(C)=CCOc1cccc(C(C)(C)C)c1. The zero-order valence-corrected chi connectivity index (χ0v) is 12.3. The number of benzene rings is 1. The lowest BCUT2D eigenvalue weighted by Gasteiger charge is -2.19. The number of hydrogen-bond acceptors (Lipinski definition) is 3. The molecule has 3 nitrogen and oxygen atoms in total. The number of carbonyl (C=O) groups is 1. The maximum Gasteiger partial charge on any atom is 0.333 e. The third-order valence-corrected chi connectivity index (χ3v) is 2.85. The van der Waals surface area contributed by atoms with Crippen molar-refractivity contribution in [2.24, 2.45) is 0 Å². The molecule has 0 aromatic heterocycles. The molecule has 0 aliphatic heterocycles. The second kappa shape index (κ2) is 6.41. The maximum atomic E-state index is 11.2. The van der Waals surface area contributed by atoms with Crippen molar-refractivity contribution in [1.82, 2.24) is 0 Å². The minimum Gasteiger partial charge on any atom is -0.490 e. The summed E-state index contributed by atoms with van der Waals surface area (Å²) in [6.45, 7) is 8.55. The van der Waals surface area contributed by atoms with Gasteiger partial charge in [-0.25, -0.2) is 4.79 Å². The van der Waals surface area contributed by atoms with Crippen LogP contribution < -0.4 is 4.74 Å². The Labute approximate surface area is 115 Å². The average Bonchev–Trinajstić information content (AvgIpc) is 2.37. The largest absolute Gasteiger partial charge is 0.490 e. The third-order valence-electron chi connectivity index (χ3n) is 2.85. The molecule has 19 heavy (non-hydrogen) atoms. The van der Waals surface area contributed by atoms with Crippen LogP contribution in [0.15, 0.2) is 35.9 Å². The van der Waals surface area contributed by atoms with Crippen molar-refractivity contribution in [3.63, 3.8) is 0 Å². The first-order valence-corrected chi connectivity index (χ1v) is 6.33. The number of hydrogen-bond donors (Lipinski definition) is 0. The fraction of sp³-hybridized carbons (Fsp3) is 0.438. The minimum absolute atomic E-state index is 0.0944. The Balaban J connectivity index is 2.67. The molecule has 1 aromatic rings. The van der Waals surface area contributed by atoms with Crippen LogP contribution >= 0.6 is 0 Å². The molecule has 0 saturated carbocycles. The molecule has 3 heteroatoms. The van der Waals surface area contributed by atoms with E-state index < -0.39 is 0 Å². The first-order valence-electron chi connectivity index (χ1n) is 6.33. The van der Waals surface area contributed by atoms with Crippen molar-refractivity contribution in [3.8, 4) is 5.75 Å². The summed E-state index contributed by atoms with van der Waals surface area (Å²) in [5.41, 5.74) is 1.87. The summed E-state index contributed by atoms with van der Waals surface area (Å²) in [5, 5.41) is 0. The molecule has 0 fully saturated rings. The van der Waals surface area contributed by atoms with Crippen LogP contribution in [0.4, 0.5) is 0 Å². The van der Waals surface area contributed by atoms with Gasteiger partial charge in [-0.15, -0.1) is 0 Å². The van der Waals surface area contributed by atoms with E-state index in [1.165, 1.54) is 12.7 Å². The molecule has 0 saturated heterocycles. The normalized spacial score (nSPS) is 12.2. The Morgan fingerprint density at radius 3 is 2.58 bits per heavy atom. The standard InChI is InChI=1S/C16H22O3/c1-12(15(17)18-5)9-10-19-14-8-6-7-13(11-14)16(2,3)4/h6-9,11H,10H2,1-5H3. The fourth-order valence-electron chi connectivity index (χ4n) is 1.56. The summed E-state index contributed by atoms with van der Waals surface area (Å²) in [6, 6.07) is 8.01. The Kier molecular flexibility index (Phi) is 5.16. The number of methoxy groups -OCH3 is 1. The van der Waals surface area contributed by atoms with Gasteiger partial charge in [-0.1, -0.05) is 32.9 Å². The maximum absolute atomic E-state index is 11.2. The van der Waals surface area contributed by atoms with Gasteiger partial charge in [0.15, 0.2) is 0 Å². The summed E-state index contributed by atoms with van der Waals surface area (Å²) in [4.78, 5) is 11.2. The van der Waals surface area contributed by atoms with Crippen LogP contribution in [0.3, 0.4) is 0 Å². The Bertz CT molecular complexity index is 467. The second-order valence-corrected chi connectivity index (χ2v) is 5.47. The van der Waals surface area contributed by atoms with Crippen LogP contribution in [0, 0.1) is 0 Å². The molecule has 1 aromatic carbocycles. The van der Waals surface area contributed by atoms with Gasteiger partial charge in [-0.2, -0.15) is 0 Å². The van der Waals surface area contributed by atoms with Crippen LogP contribution in [0.25, 0.3) is 0 Å². The molecule has 104 valence electrons. The van der Waals surface area contributed by atoms with Crippen molar-refractivity contribution in [1.29, 1.82) is 0 Å². The van der Waals surface area contributed by atoms with Crippen LogP contribution in [0.5, 0.6) is 5.75 Å². The number of carbonyl (C=O) groups excluding carboxylic acids is 1. The van der Waals surface area contributed by atoms with E-state index in [9.17, 15) is 4.79 Å². The summed E-state index contributed by atoms with van der Waals surface area (Å²) in [5.74, 6) is 0.480. The third kappa shape index (κ3) is 4.78. The average molecular weight is 262 g/mol. The van der Waals surface area contributed by atoms with Crippen molar-refractivity contribution in [3.05, 3.63) is 41.5 Å². The predicted octanol–water partition coefficient (Wildman–Crippen LogP) is 3.48.